The first-order chi connectivity index (χ1) is 10.0. The summed E-state index contributed by atoms with van der Waals surface area (Å²) in [5.74, 6) is 1.30. The molecule has 0 bridgehead atoms. The fourth-order valence-corrected chi connectivity index (χ4v) is 2.82. The van der Waals surface area contributed by atoms with Gasteiger partial charge in [0, 0.05) is 6.54 Å². The van der Waals surface area contributed by atoms with Crippen LogP contribution in [0.5, 0.6) is 11.5 Å². The van der Waals surface area contributed by atoms with Gasteiger partial charge in [-0.05, 0) is 42.0 Å². The maximum atomic E-state index is 12.2. The average Bonchev–Trinajstić information content (AvgIpc) is 2.53. The molecule has 0 fully saturated rings. The summed E-state index contributed by atoms with van der Waals surface area (Å²) < 4.78 is 37.0. The third-order valence-corrected chi connectivity index (χ3v) is 4.39. The van der Waals surface area contributed by atoms with Crippen molar-refractivity contribution in [3.05, 3.63) is 54.1 Å². The molecule has 0 saturated heterocycles. The molecule has 2 aromatic rings. The number of hydrogen-bond acceptors (Lipinski definition) is 4. The molecule has 5 nitrogen and oxygen atoms in total. The lowest BCUT2D eigenvalue weighted by molar-refractivity contribution is 0.414. The van der Waals surface area contributed by atoms with Crippen LogP contribution in [0.2, 0.25) is 0 Å². The minimum absolute atomic E-state index is 0.200. The standard InChI is InChI=1S/C15H17NO4S/c1-19-13-6-8-15(9-7-13)21(17,18)16-11-12-4-3-5-14(10-12)20-2/h3-10,16H,11H2,1-2H3. The van der Waals surface area contributed by atoms with Gasteiger partial charge in [0.05, 0.1) is 19.1 Å². The van der Waals surface area contributed by atoms with Crippen molar-refractivity contribution < 1.29 is 17.9 Å². The molecule has 2 aromatic carbocycles. The van der Waals surface area contributed by atoms with Gasteiger partial charge in [-0.25, -0.2) is 13.1 Å². The minimum atomic E-state index is -3.55. The summed E-state index contributed by atoms with van der Waals surface area (Å²) in [7, 11) is -0.447. The lowest BCUT2D eigenvalue weighted by atomic mass is 10.2. The van der Waals surface area contributed by atoms with E-state index in [-0.39, 0.29) is 11.4 Å². The quantitative estimate of drug-likeness (QED) is 0.888. The predicted octanol–water partition coefficient (Wildman–Crippen LogP) is 2.18. The van der Waals surface area contributed by atoms with E-state index in [0.717, 1.165) is 5.56 Å². The third-order valence-electron chi connectivity index (χ3n) is 2.97. The second-order valence-corrected chi connectivity index (χ2v) is 6.12. The summed E-state index contributed by atoms with van der Waals surface area (Å²) in [4.78, 5) is 0.200. The number of sulfonamides is 1. The highest BCUT2D eigenvalue weighted by atomic mass is 32.2. The minimum Gasteiger partial charge on any atom is -0.497 e. The molecule has 1 N–H and O–H groups in total. The first-order valence-electron chi connectivity index (χ1n) is 6.32. The molecule has 0 radical (unpaired) electrons. The van der Waals surface area contributed by atoms with E-state index in [9.17, 15) is 8.42 Å². The maximum Gasteiger partial charge on any atom is 0.240 e. The molecule has 0 aliphatic rings. The van der Waals surface area contributed by atoms with Gasteiger partial charge in [0.15, 0.2) is 0 Å². The molecular weight excluding hydrogens is 290 g/mol. The summed E-state index contributed by atoms with van der Waals surface area (Å²) in [6.45, 7) is 0.200. The van der Waals surface area contributed by atoms with E-state index in [1.165, 1.54) is 19.2 Å². The van der Waals surface area contributed by atoms with E-state index in [2.05, 4.69) is 4.72 Å². The van der Waals surface area contributed by atoms with E-state index in [1.807, 2.05) is 18.2 Å². The molecule has 0 aliphatic carbocycles. The van der Waals surface area contributed by atoms with E-state index in [1.54, 1.807) is 25.3 Å². The Morgan fingerprint density at radius 1 is 0.952 bits per heavy atom. The maximum absolute atomic E-state index is 12.2. The van der Waals surface area contributed by atoms with Crippen LogP contribution in [0.25, 0.3) is 0 Å². The van der Waals surface area contributed by atoms with Crippen LogP contribution < -0.4 is 14.2 Å². The van der Waals surface area contributed by atoms with Crippen LogP contribution in [0.1, 0.15) is 5.56 Å². The second kappa shape index (κ2) is 6.60. The zero-order valence-electron chi connectivity index (χ0n) is 11.9. The Kier molecular flexibility index (Phi) is 4.82. The molecule has 0 aromatic heterocycles. The number of rotatable bonds is 6. The molecule has 0 heterocycles. The Hall–Kier alpha value is -2.05. The van der Waals surface area contributed by atoms with Crippen LogP contribution in [0.15, 0.2) is 53.4 Å². The van der Waals surface area contributed by atoms with Crippen LogP contribution in [0.3, 0.4) is 0 Å². The number of benzene rings is 2. The van der Waals surface area contributed by atoms with Gasteiger partial charge in [0.25, 0.3) is 0 Å². The summed E-state index contributed by atoms with van der Waals surface area (Å²) in [5.41, 5.74) is 0.825. The van der Waals surface area contributed by atoms with Crippen molar-refractivity contribution in [2.75, 3.05) is 14.2 Å². The van der Waals surface area contributed by atoms with Crippen molar-refractivity contribution in [3.63, 3.8) is 0 Å². The second-order valence-electron chi connectivity index (χ2n) is 4.35. The van der Waals surface area contributed by atoms with Gasteiger partial charge in [-0.3, -0.25) is 0 Å². The molecule has 0 aliphatic heterocycles. The molecule has 0 spiro atoms. The summed E-state index contributed by atoms with van der Waals surface area (Å²) >= 11 is 0. The molecule has 21 heavy (non-hydrogen) atoms. The van der Waals surface area contributed by atoms with E-state index in [0.29, 0.717) is 11.5 Å². The molecule has 0 unspecified atom stereocenters. The van der Waals surface area contributed by atoms with Crippen molar-refractivity contribution in [2.45, 2.75) is 11.4 Å². The molecule has 2 rings (SSSR count). The molecular formula is C15H17NO4S. The highest BCUT2D eigenvalue weighted by Gasteiger charge is 2.13. The molecule has 0 saturated carbocycles. The molecule has 0 amide bonds. The van der Waals surface area contributed by atoms with Gasteiger partial charge in [0.2, 0.25) is 10.0 Å². The first-order valence-corrected chi connectivity index (χ1v) is 7.80. The van der Waals surface area contributed by atoms with Crippen LogP contribution in [0.4, 0.5) is 0 Å². The van der Waals surface area contributed by atoms with Crippen molar-refractivity contribution in [1.29, 1.82) is 0 Å². The lowest BCUT2D eigenvalue weighted by Crippen LogP contribution is -2.23. The van der Waals surface area contributed by atoms with Crippen molar-refractivity contribution in [1.82, 2.24) is 4.72 Å². The largest absolute Gasteiger partial charge is 0.497 e. The van der Waals surface area contributed by atoms with E-state index >= 15 is 0 Å². The number of ether oxygens (including phenoxy) is 2. The number of nitrogens with one attached hydrogen (secondary N) is 1. The zero-order chi connectivity index (χ0) is 15.3. The Bertz CT molecular complexity index is 696. The van der Waals surface area contributed by atoms with Gasteiger partial charge >= 0.3 is 0 Å². The van der Waals surface area contributed by atoms with Gasteiger partial charge in [-0.15, -0.1) is 0 Å². The average molecular weight is 307 g/mol. The van der Waals surface area contributed by atoms with Gasteiger partial charge in [-0.2, -0.15) is 0 Å². The van der Waals surface area contributed by atoms with Crippen LogP contribution >= 0.6 is 0 Å². The monoisotopic (exact) mass is 307 g/mol. The Labute approximate surface area is 124 Å². The molecule has 0 atom stereocenters. The zero-order valence-corrected chi connectivity index (χ0v) is 12.7. The normalized spacial score (nSPS) is 11.1. The number of methoxy groups -OCH3 is 2. The highest BCUT2D eigenvalue weighted by molar-refractivity contribution is 7.89. The highest BCUT2D eigenvalue weighted by Crippen LogP contribution is 2.16. The van der Waals surface area contributed by atoms with Crippen LogP contribution in [0, 0.1) is 0 Å². The molecule has 112 valence electrons. The smallest absolute Gasteiger partial charge is 0.240 e. The first kappa shape index (κ1) is 15.3. The van der Waals surface area contributed by atoms with E-state index < -0.39 is 10.0 Å². The Balaban J connectivity index is 2.09. The lowest BCUT2D eigenvalue weighted by Gasteiger charge is -2.08. The number of hydrogen-bond donors (Lipinski definition) is 1. The van der Waals surface area contributed by atoms with Gasteiger partial charge in [0.1, 0.15) is 11.5 Å². The predicted molar refractivity (Wildman–Crippen MR) is 80.0 cm³/mol. The fraction of sp³-hybridized carbons (Fsp3) is 0.200. The van der Waals surface area contributed by atoms with Crippen molar-refractivity contribution >= 4 is 10.0 Å². The topological polar surface area (TPSA) is 64.6 Å². The summed E-state index contributed by atoms with van der Waals surface area (Å²) in [6.07, 6.45) is 0. The van der Waals surface area contributed by atoms with Gasteiger partial charge < -0.3 is 9.47 Å². The van der Waals surface area contributed by atoms with Gasteiger partial charge in [-0.1, -0.05) is 12.1 Å². The molecule has 6 heteroatoms. The Morgan fingerprint density at radius 3 is 2.24 bits per heavy atom. The SMILES string of the molecule is COc1ccc(S(=O)(=O)NCc2cccc(OC)c2)cc1. The summed E-state index contributed by atoms with van der Waals surface area (Å²) in [5, 5.41) is 0. The third kappa shape index (κ3) is 3.96. The fourth-order valence-electron chi connectivity index (χ4n) is 1.80. The Morgan fingerprint density at radius 2 is 1.62 bits per heavy atom. The van der Waals surface area contributed by atoms with Crippen LogP contribution in [-0.4, -0.2) is 22.6 Å². The van der Waals surface area contributed by atoms with Crippen molar-refractivity contribution in [3.8, 4) is 11.5 Å². The van der Waals surface area contributed by atoms with Crippen LogP contribution in [-0.2, 0) is 16.6 Å². The van der Waals surface area contributed by atoms with Crippen molar-refractivity contribution in [2.24, 2.45) is 0 Å². The summed E-state index contributed by atoms with van der Waals surface area (Å²) in [6, 6.07) is 13.5. The van der Waals surface area contributed by atoms with E-state index in [4.69, 9.17) is 9.47 Å².